The summed E-state index contributed by atoms with van der Waals surface area (Å²) in [5.41, 5.74) is 2.02. The van der Waals surface area contributed by atoms with Gasteiger partial charge in [-0.3, -0.25) is 4.79 Å². The van der Waals surface area contributed by atoms with E-state index in [0.29, 0.717) is 41.1 Å². The predicted octanol–water partition coefficient (Wildman–Crippen LogP) is 5.14. The van der Waals surface area contributed by atoms with E-state index in [2.05, 4.69) is 11.4 Å². The lowest BCUT2D eigenvalue weighted by Crippen LogP contribution is -2.31. The Balaban J connectivity index is 1.70. The number of nitrogens with one attached hydrogen (secondary N) is 1. The Labute approximate surface area is 196 Å². The summed E-state index contributed by atoms with van der Waals surface area (Å²) in [6, 6.07) is 19.0. The summed E-state index contributed by atoms with van der Waals surface area (Å²) in [5.74, 6) is -0.125. The summed E-state index contributed by atoms with van der Waals surface area (Å²) < 4.78 is 10.5. The van der Waals surface area contributed by atoms with Crippen molar-refractivity contribution >= 4 is 28.2 Å². The Morgan fingerprint density at radius 3 is 2.52 bits per heavy atom. The van der Waals surface area contributed by atoms with Crippen molar-refractivity contribution in [3.05, 3.63) is 81.7 Å². The molecule has 1 heterocycles. The number of rotatable bonds is 6. The maximum Gasteiger partial charge on any atom is 0.341 e. The number of benzene rings is 2. The quantitative estimate of drug-likeness (QED) is 0.515. The van der Waals surface area contributed by atoms with Crippen LogP contribution in [0.15, 0.2) is 54.6 Å². The van der Waals surface area contributed by atoms with Gasteiger partial charge >= 0.3 is 5.97 Å². The van der Waals surface area contributed by atoms with E-state index in [1.165, 1.54) is 11.3 Å². The van der Waals surface area contributed by atoms with Gasteiger partial charge in [0.05, 0.1) is 30.8 Å². The molecule has 1 N–H and O–H groups in total. The first-order valence-corrected chi connectivity index (χ1v) is 11.6. The Hall–Kier alpha value is -3.63. The van der Waals surface area contributed by atoms with Gasteiger partial charge in [-0.2, -0.15) is 5.26 Å². The fourth-order valence-corrected chi connectivity index (χ4v) is 5.55. The second-order valence-corrected chi connectivity index (χ2v) is 8.95. The molecular weight excluding hydrogens is 436 g/mol. The minimum Gasteiger partial charge on any atom is -0.497 e. The van der Waals surface area contributed by atoms with Gasteiger partial charge in [-0.25, -0.2) is 4.79 Å². The molecule has 0 saturated heterocycles. The number of ether oxygens (including phenoxy) is 2. The van der Waals surface area contributed by atoms with E-state index >= 15 is 0 Å². The normalized spacial score (nSPS) is 16.9. The molecule has 3 aromatic rings. The van der Waals surface area contributed by atoms with E-state index in [1.807, 2.05) is 30.3 Å². The van der Waals surface area contributed by atoms with Crippen molar-refractivity contribution < 1.29 is 19.1 Å². The molecule has 0 bridgehead atoms. The lowest BCUT2D eigenvalue weighted by Gasteiger charge is -2.31. The van der Waals surface area contributed by atoms with E-state index in [4.69, 9.17) is 9.47 Å². The Morgan fingerprint density at radius 2 is 1.88 bits per heavy atom. The molecule has 1 atom stereocenters. The first-order valence-electron chi connectivity index (χ1n) is 10.7. The topological polar surface area (TPSA) is 88.4 Å². The van der Waals surface area contributed by atoms with Gasteiger partial charge in [0, 0.05) is 16.9 Å². The molecule has 2 aromatic carbocycles. The van der Waals surface area contributed by atoms with Crippen LogP contribution in [0, 0.1) is 11.3 Å². The maximum absolute atomic E-state index is 12.9. The minimum atomic E-state index is -0.664. The highest BCUT2D eigenvalue weighted by Crippen LogP contribution is 2.45. The third kappa shape index (κ3) is 4.35. The maximum atomic E-state index is 12.9. The fraction of sp³-hybridized carbons (Fsp3) is 0.269. The first kappa shape index (κ1) is 22.6. The number of esters is 1. The molecule has 0 radical (unpaired) electrons. The van der Waals surface area contributed by atoms with Crippen molar-refractivity contribution in [1.29, 1.82) is 5.26 Å². The average Bonchev–Trinajstić information content (AvgIpc) is 3.21. The lowest BCUT2D eigenvalue weighted by atomic mass is 9.70. The van der Waals surface area contributed by atoms with Gasteiger partial charge in [-0.1, -0.05) is 30.3 Å². The van der Waals surface area contributed by atoms with Crippen molar-refractivity contribution in [2.45, 2.75) is 31.6 Å². The van der Waals surface area contributed by atoms with Crippen LogP contribution >= 0.6 is 11.3 Å². The van der Waals surface area contributed by atoms with Gasteiger partial charge in [0.15, 0.2) is 0 Å². The number of hydrogen-bond acceptors (Lipinski definition) is 6. The number of amides is 1. The van der Waals surface area contributed by atoms with Gasteiger partial charge in [-0.05, 0) is 55.2 Å². The zero-order valence-electron chi connectivity index (χ0n) is 18.5. The van der Waals surface area contributed by atoms with Crippen LogP contribution in [-0.4, -0.2) is 25.6 Å². The van der Waals surface area contributed by atoms with Crippen molar-refractivity contribution in [3.63, 3.8) is 0 Å². The molecule has 0 fully saturated rings. The third-order valence-corrected chi connectivity index (χ3v) is 7.10. The zero-order chi connectivity index (χ0) is 23.4. The minimum absolute atomic E-state index is 0.238. The summed E-state index contributed by atoms with van der Waals surface area (Å²) in [6.07, 6.45) is 1.63. The van der Waals surface area contributed by atoms with E-state index in [-0.39, 0.29) is 12.5 Å². The van der Waals surface area contributed by atoms with Crippen LogP contribution < -0.4 is 10.1 Å². The predicted molar refractivity (Wildman–Crippen MR) is 127 cm³/mol. The molecule has 1 amide bonds. The number of thiophene rings is 1. The summed E-state index contributed by atoms with van der Waals surface area (Å²) in [5, 5.41) is 13.5. The van der Waals surface area contributed by atoms with Crippen LogP contribution in [0.4, 0.5) is 5.00 Å². The third-order valence-electron chi connectivity index (χ3n) is 5.95. The molecule has 33 heavy (non-hydrogen) atoms. The molecule has 6 nitrogen and oxygen atoms in total. The molecule has 1 aliphatic carbocycles. The van der Waals surface area contributed by atoms with E-state index in [9.17, 15) is 14.9 Å². The Bertz CT molecular complexity index is 1210. The number of nitrogens with zero attached hydrogens (tertiary/aromatic N) is 1. The lowest BCUT2D eigenvalue weighted by molar-refractivity contribution is 0.0526. The first-order chi connectivity index (χ1) is 16.0. The molecule has 0 saturated carbocycles. The highest BCUT2D eigenvalue weighted by atomic mass is 32.1. The van der Waals surface area contributed by atoms with Crippen LogP contribution in [0.25, 0.3) is 0 Å². The smallest absolute Gasteiger partial charge is 0.341 e. The van der Waals surface area contributed by atoms with Gasteiger partial charge in [0.1, 0.15) is 10.8 Å². The number of hydrogen-bond donors (Lipinski definition) is 1. The second kappa shape index (κ2) is 9.47. The van der Waals surface area contributed by atoms with Crippen LogP contribution in [-0.2, 0) is 23.0 Å². The largest absolute Gasteiger partial charge is 0.497 e. The van der Waals surface area contributed by atoms with E-state index in [1.54, 1.807) is 38.3 Å². The van der Waals surface area contributed by atoms with Gasteiger partial charge in [0.2, 0.25) is 0 Å². The molecule has 0 spiro atoms. The molecule has 7 heteroatoms. The number of carbonyl (C=O) groups excluding carboxylic acids is 2. The van der Waals surface area contributed by atoms with Crippen LogP contribution in [0.2, 0.25) is 0 Å². The molecule has 168 valence electrons. The molecular formula is C26H24N2O4S. The number of anilines is 1. The summed E-state index contributed by atoms with van der Waals surface area (Å²) in [6.45, 7) is 1.99. The highest BCUT2D eigenvalue weighted by molar-refractivity contribution is 7.17. The van der Waals surface area contributed by atoms with Crippen LogP contribution in [0.1, 0.15) is 50.1 Å². The number of fused-ring (bicyclic) bond motifs is 1. The summed E-state index contributed by atoms with van der Waals surface area (Å²) in [4.78, 5) is 26.7. The van der Waals surface area contributed by atoms with Crippen molar-refractivity contribution in [1.82, 2.24) is 0 Å². The Morgan fingerprint density at radius 1 is 1.15 bits per heavy atom. The molecule has 1 unspecified atom stereocenters. The SMILES string of the molecule is CCOC(=O)c1c(NC(=O)c2ccc(OC)cc2)sc2c1CCC(C#N)(c1ccccc1)C2. The Kier molecular flexibility index (Phi) is 6.47. The number of carbonyl (C=O) groups is 2. The van der Waals surface area contributed by atoms with Gasteiger partial charge in [-0.15, -0.1) is 11.3 Å². The standard InChI is InChI=1S/C26H24N2O4S/c1-3-32-25(30)22-20-13-14-26(16-27,18-7-5-4-6-8-18)15-21(20)33-24(22)28-23(29)17-9-11-19(31-2)12-10-17/h4-12H,3,13-15H2,1-2H3,(H,28,29). The molecule has 1 aliphatic rings. The molecule has 0 aliphatic heterocycles. The zero-order valence-corrected chi connectivity index (χ0v) is 19.3. The van der Waals surface area contributed by atoms with Crippen molar-refractivity contribution in [2.75, 3.05) is 19.0 Å². The van der Waals surface area contributed by atoms with Crippen LogP contribution in [0.3, 0.4) is 0 Å². The van der Waals surface area contributed by atoms with Gasteiger partial charge in [0.25, 0.3) is 5.91 Å². The van der Waals surface area contributed by atoms with Crippen LogP contribution in [0.5, 0.6) is 5.75 Å². The average molecular weight is 461 g/mol. The highest BCUT2D eigenvalue weighted by Gasteiger charge is 2.40. The summed E-state index contributed by atoms with van der Waals surface area (Å²) in [7, 11) is 1.56. The molecule has 1 aromatic heterocycles. The fourth-order valence-electron chi connectivity index (χ4n) is 4.21. The van der Waals surface area contributed by atoms with Crippen molar-refractivity contribution in [3.8, 4) is 11.8 Å². The number of methoxy groups -OCH3 is 1. The second-order valence-electron chi connectivity index (χ2n) is 7.85. The van der Waals surface area contributed by atoms with Crippen molar-refractivity contribution in [2.24, 2.45) is 0 Å². The van der Waals surface area contributed by atoms with Gasteiger partial charge < -0.3 is 14.8 Å². The number of nitriles is 1. The van der Waals surface area contributed by atoms with E-state index < -0.39 is 11.4 Å². The molecule has 4 rings (SSSR count). The monoisotopic (exact) mass is 460 g/mol. The van der Waals surface area contributed by atoms with E-state index in [0.717, 1.165) is 16.0 Å². The summed E-state index contributed by atoms with van der Waals surface area (Å²) >= 11 is 1.35.